The predicted molar refractivity (Wildman–Crippen MR) is 89.6 cm³/mol. The minimum atomic E-state index is -3.56. The van der Waals surface area contributed by atoms with E-state index in [1.54, 1.807) is 35.7 Å². The molecule has 5 nitrogen and oxygen atoms in total. The Hall–Kier alpha value is -1.90. The van der Waals surface area contributed by atoms with Crippen LogP contribution >= 0.6 is 22.7 Å². The van der Waals surface area contributed by atoms with Crippen molar-refractivity contribution in [2.45, 2.75) is 9.46 Å². The molecule has 1 amide bonds. The van der Waals surface area contributed by atoms with E-state index in [-0.39, 0.29) is 12.3 Å². The first-order valence-corrected chi connectivity index (χ1v) is 10.0. The Morgan fingerprint density at radius 3 is 2.52 bits per heavy atom. The molecule has 0 aromatic carbocycles. The Morgan fingerprint density at radius 2 is 1.91 bits per heavy atom. The van der Waals surface area contributed by atoms with E-state index in [1.807, 2.05) is 5.38 Å². The quantitative estimate of drug-likeness (QED) is 0.725. The lowest BCUT2D eigenvalue weighted by molar-refractivity contribution is 0.0926. The first kappa shape index (κ1) is 16.0. The number of sulfone groups is 1. The van der Waals surface area contributed by atoms with Crippen LogP contribution < -0.4 is 5.32 Å². The van der Waals surface area contributed by atoms with Gasteiger partial charge in [0.25, 0.3) is 5.91 Å². The fraction of sp³-hybridized carbons (Fsp3) is 0.133. The van der Waals surface area contributed by atoms with Gasteiger partial charge in [0.05, 0.1) is 6.26 Å². The Morgan fingerprint density at radius 1 is 1.13 bits per heavy atom. The Labute approximate surface area is 141 Å². The van der Waals surface area contributed by atoms with Gasteiger partial charge in [0.15, 0.2) is 15.6 Å². The van der Waals surface area contributed by atoms with Crippen LogP contribution in [-0.4, -0.2) is 20.9 Å². The highest BCUT2D eigenvalue weighted by Crippen LogP contribution is 2.33. The van der Waals surface area contributed by atoms with Gasteiger partial charge < -0.3 is 9.73 Å². The highest BCUT2D eigenvalue weighted by Gasteiger charge is 2.31. The van der Waals surface area contributed by atoms with Gasteiger partial charge in [-0.2, -0.15) is 0 Å². The van der Waals surface area contributed by atoms with E-state index in [0.29, 0.717) is 9.09 Å². The predicted octanol–water partition coefficient (Wildman–Crippen LogP) is 3.35. The van der Waals surface area contributed by atoms with E-state index in [9.17, 15) is 13.2 Å². The lowest BCUT2D eigenvalue weighted by Gasteiger charge is -2.16. The van der Waals surface area contributed by atoms with Gasteiger partial charge >= 0.3 is 0 Å². The van der Waals surface area contributed by atoms with E-state index in [1.165, 1.54) is 35.0 Å². The molecule has 8 heteroatoms. The van der Waals surface area contributed by atoms with E-state index in [0.717, 1.165) is 0 Å². The number of thiophene rings is 2. The molecule has 0 aliphatic rings. The molecule has 3 aromatic heterocycles. The summed E-state index contributed by atoms with van der Waals surface area (Å²) in [6.45, 7) is -0.0136. The molecule has 0 aliphatic heterocycles. The second kappa shape index (κ2) is 6.69. The molecule has 120 valence electrons. The zero-order valence-corrected chi connectivity index (χ0v) is 14.3. The molecule has 0 saturated heterocycles. The standard InChI is InChI=1S/C15H13NO4S3/c17-15(11-4-1-7-20-11)16-10-13(12-5-2-8-21-12)23(18,19)14-6-3-9-22-14/h1-9,13H,10H2,(H,16,17)/t13-/m1/s1. The van der Waals surface area contributed by atoms with Crippen LogP contribution in [0.3, 0.4) is 0 Å². The monoisotopic (exact) mass is 367 g/mol. The molecule has 0 fully saturated rings. The topological polar surface area (TPSA) is 76.4 Å². The van der Waals surface area contributed by atoms with Crippen LogP contribution in [0.5, 0.6) is 0 Å². The van der Waals surface area contributed by atoms with Crippen molar-refractivity contribution in [3.63, 3.8) is 0 Å². The molecule has 0 radical (unpaired) electrons. The van der Waals surface area contributed by atoms with Crippen molar-refractivity contribution < 1.29 is 17.6 Å². The van der Waals surface area contributed by atoms with Crippen molar-refractivity contribution in [3.8, 4) is 0 Å². The van der Waals surface area contributed by atoms with Gasteiger partial charge in [0, 0.05) is 11.4 Å². The summed E-state index contributed by atoms with van der Waals surface area (Å²) in [6, 6.07) is 9.97. The molecule has 3 heterocycles. The fourth-order valence-corrected chi connectivity index (χ4v) is 6.07. The fourth-order valence-electron chi connectivity index (χ4n) is 2.08. The third kappa shape index (κ3) is 3.39. The van der Waals surface area contributed by atoms with Crippen LogP contribution in [0.4, 0.5) is 0 Å². The van der Waals surface area contributed by atoms with Gasteiger partial charge in [-0.15, -0.1) is 22.7 Å². The van der Waals surface area contributed by atoms with Crippen molar-refractivity contribution in [2.24, 2.45) is 0 Å². The van der Waals surface area contributed by atoms with Crippen molar-refractivity contribution in [2.75, 3.05) is 6.54 Å². The summed E-state index contributed by atoms with van der Waals surface area (Å²) in [5, 5.41) is 5.36. The molecular formula is C15H13NO4S3. The summed E-state index contributed by atoms with van der Waals surface area (Å²) in [4.78, 5) is 12.7. The van der Waals surface area contributed by atoms with E-state index in [4.69, 9.17) is 4.42 Å². The van der Waals surface area contributed by atoms with Crippen molar-refractivity contribution in [1.82, 2.24) is 5.32 Å². The first-order chi connectivity index (χ1) is 11.1. The number of hydrogen-bond donors (Lipinski definition) is 1. The molecule has 3 rings (SSSR count). The molecule has 0 bridgehead atoms. The molecule has 3 aromatic rings. The minimum Gasteiger partial charge on any atom is -0.459 e. The second-order valence-corrected chi connectivity index (χ2v) is 8.95. The first-order valence-electron chi connectivity index (χ1n) is 6.71. The largest absolute Gasteiger partial charge is 0.459 e. The molecule has 1 N–H and O–H groups in total. The highest BCUT2D eigenvalue weighted by molar-refractivity contribution is 7.93. The van der Waals surface area contributed by atoms with E-state index in [2.05, 4.69) is 5.32 Å². The molecule has 23 heavy (non-hydrogen) atoms. The molecular weight excluding hydrogens is 354 g/mol. The maximum absolute atomic E-state index is 12.8. The summed E-state index contributed by atoms with van der Waals surface area (Å²) < 4.78 is 31.0. The summed E-state index contributed by atoms with van der Waals surface area (Å²) in [5.41, 5.74) is 0. The third-order valence-corrected chi connectivity index (χ3v) is 7.85. The van der Waals surface area contributed by atoms with Crippen LogP contribution in [0.15, 0.2) is 62.0 Å². The number of hydrogen-bond acceptors (Lipinski definition) is 6. The van der Waals surface area contributed by atoms with E-state index >= 15 is 0 Å². The van der Waals surface area contributed by atoms with Crippen LogP contribution in [0.1, 0.15) is 20.7 Å². The number of nitrogens with one attached hydrogen (secondary N) is 1. The second-order valence-electron chi connectivity index (χ2n) is 4.67. The van der Waals surface area contributed by atoms with Crippen molar-refractivity contribution in [1.29, 1.82) is 0 Å². The van der Waals surface area contributed by atoms with Crippen molar-refractivity contribution in [3.05, 3.63) is 64.1 Å². The molecule has 1 atom stereocenters. The SMILES string of the molecule is O=C(NC[C@H](c1cccs1)S(=O)(=O)c1cccs1)c1ccco1. The van der Waals surface area contributed by atoms with Gasteiger partial charge in [0.2, 0.25) is 0 Å². The minimum absolute atomic E-state index is 0.0136. The lowest BCUT2D eigenvalue weighted by Crippen LogP contribution is -2.31. The lowest BCUT2D eigenvalue weighted by atomic mass is 10.3. The Bertz CT molecular complexity index is 850. The number of furan rings is 1. The average Bonchev–Trinajstić information content (AvgIpc) is 3.27. The highest BCUT2D eigenvalue weighted by atomic mass is 32.2. The van der Waals surface area contributed by atoms with Gasteiger partial charge in [-0.25, -0.2) is 8.42 Å². The normalized spacial score (nSPS) is 12.9. The van der Waals surface area contributed by atoms with Gasteiger partial charge in [-0.05, 0) is 35.0 Å². The summed E-state index contributed by atoms with van der Waals surface area (Å²) in [6.07, 6.45) is 1.40. The maximum Gasteiger partial charge on any atom is 0.287 e. The molecule has 0 aliphatic carbocycles. The molecule has 0 unspecified atom stereocenters. The maximum atomic E-state index is 12.8. The van der Waals surface area contributed by atoms with Gasteiger partial charge in [-0.3, -0.25) is 4.79 Å². The zero-order valence-electron chi connectivity index (χ0n) is 11.8. The van der Waals surface area contributed by atoms with E-state index < -0.39 is 21.0 Å². The number of amides is 1. The van der Waals surface area contributed by atoms with Crippen molar-refractivity contribution >= 4 is 38.4 Å². The van der Waals surface area contributed by atoms with Crippen LogP contribution in [-0.2, 0) is 9.84 Å². The Balaban J connectivity index is 1.84. The van der Waals surface area contributed by atoms with Crippen LogP contribution in [0, 0.1) is 0 Å². The molecule has 0 saturated carbocycles. The summed E-state index contributed by atoms with van der Waals surface area (Å²) in [5.74, 6) is -0.276. The van der Waals surface area contributed by atoms with Gasteiger partial charge in [0.1, 0.15) is 9.46 Å². The summed E-state index contributed by atoms with van der Waals surface area (Å²) in [7, 11) is -3.56. The van der Waals surface area contributed by atoms with Gasteiger partial charge in [-0.1, -0.05) is 12.1 Å². The third-order valence-electron chi connectivity index (χ3n) is 3.20. The number of carbonyl (C=O) groups excluding carboxylic acids is 1. The van der Waals surface area contributed by atoms with Crippen LogP contribution in [0.2, 0.25) is 0 Å². The number of rotatable bonds is 6. The Kier molecular flexibility index (Phi) is 4.65. The molecule has 0 spiro atoms. The smallest absolute Gasteiger partial charge is 0.287 e. The average molecular weight is 367 g/mol. The zero-order chi connectivity index (χ0) is 16.3. The summed E-state index contributed by atoms with van der Waals surface area (Å²) >= 11 is 2.53. The van der Waals surface area contributed by atoms with Crippen LogP contribution in [0.25, 0.3) is 0 Å². The number of carbonyl (C=O) groups is 1.